The van der Waals surface area contributed by atoms with Gasteiger partial charge in [0.25, 0.3) is 0 Å². The van der Waals surface area contributed by atoms with Gasteiger partial charge in [-0.05, 0) is 54.5 Å². The molecule has 0 unspecified atom stereocenters. The molecule has 0 saturated carbocycles. The molecule has 21 heavy (non-hydrogen) atoms. The molecule has 3 rings (SSSR count). The Labute approximate surface area is 123 Å². The lowest BCUT2D eigenvalue weighted by Crippen LogP contribution is -1.85. The van der Waals surface area contributed by atoms with E-state index in [1.807, 2.05) is 30.5 Å². The largest absolute Gasteiger partial charge is 0.256 e. The number of pyridine rings is 2. The second-order valence-corrected chi connectivity index (χ2v) is 4.83. The summed E-state index contributed by atoms with van der Waals surface area (Å²) < 4.78 is 0. The van der Waals surface area contributed by atoms with Crippen LogP contribution in [0.3, 0.4) is 0 Å². The summed E-state index contributed by atoms with van der Waals surface area (Å²) in [5.74, 6) is 0. The van der Waals surface area contributed by atoms with Gasteiger partial charge in [-0.1, -0.05) is 12.1 Å². The smallest absolute Gasteiger partial charge is 0.101 e. The van der Waals surface area contributed by atoms with Crippen molar-refractivity contribution in [3.63, 3.8) is 0 Å². The molecule has 0 amide bonds. The summed E-state index contributed by atoms with van der Waals surface area (Å²) in [6.45, 7) is 2.06. The van der Waals surface area contributed by atoms with E-state index in [-0.39, 0.29) is 0 Å². The maximum absolute atomic E-state index is 8.75. The maximum Gasteiger partial charge on any atom is 0.101 e. The number of fused-ring (bicyclic) bond motifs is 1. The van der Waals surface area contributed by atoms with Crippen molar-refractivity contribution in [2.24, 2.45) is 0 Å². The fraction of sp³-hybridized carbons (Fsp3) is 0.0556. The van der Waals surface area contributed by atoms with Crippen LogP contribution in [-0.2, 0) is 0 Å². The molecule has 0 saturated heterocycles. The van der Waals surface area contributed by atoms with Crippen molar-refractivity contribution in [2.45, 2.75) is 6.92 Å². The van der Waals surface area contributed by atoms with Crippen molar-refractivity contribution in [2.75, 3.05) is 0 Å². The predicted octanol–water partition coefficient (Wildman–Crippen LogP) is 3.98. The Morgan fingerprint density at radius 1 is 1.10 bits per heavy atom. The first kappa shape index (κ1) is 13.0. The van der Waals surface area contributed by atoms with Gasteiger partial charge in [0, 0.05) is 17.8 Å². The van der Waals surface area contributed by atoms with Crippen LogP contribution in [0, 0.1) is 18.3 Å². The highest BCUT2D eigenvalue weighted by molar-refractivity contribution is 5.85. The van der Waals surface area contributed by atoms with E-state index in [0.717, 1.165) is 27.7 Å². The SMILES string of the molecule is Cc1cc(/C=C/c2ccc(C#N)cn2)cc2cccnc12. The minimum absolute atomic E-state index is 0.569. The van der Waals surface area contributed by atoms with Crippen LogP contribution in [0.4, 0.5) is 0 Å². The number of nitrogens with zero attached hydrogens (tertiary/aromatic N) is 3. The first-order valence-electron chi connectivity index (χ1n) is 6.66. The van der Waals surface area contributed by atoms with Crippen molar-refractivity contribution in [1.82, 2.24) is 9.97 Å². The molecule has 100 valence electrons. The molecule has 0 spiro atoms. The zero-order chi connectivity index (χ0) is 14.7. The topological polar surface area (TPSA) is 49.6 Å². The summed E-state index contributed by atoms with van der Waals surface area (Å²) in [5.41, 5.74) is 4.70. The number of hydrogen-bond acceptors (Lipinski definition) is 3. The first-order valence-corrected chi connectivity index (χ1v) is 6.66. The second kappa shape index (κ2) is 5.56. The highest BCUT2D eigenvalue weighted by Crippen LogP contribution is 2.19. The Morgan fingerprint density at radius 3 is 2.76 bits per heavy atom. The Kier molecular flexibility index (Phi) is 3.44. The molecular weight excluding hydrogens is 258 g/mol. The number of rotatable bonds is 2. The van der Waals surface area contributed by atoms with Crippen LogP contribution >= 0.6 is 0 Å². The molecule has 0 aliphatic carbocycles. The third-order valence-corrected chi connectivity index (χ3v) is 3.28. The molecule has 0 aliphatic rings. The molecule has 0 bridgehead atoms. The van der Waals surface area contributed by atoms with Gasteiger partial charge < -0.3 is 0 Å². The van der Waals surface area contributed by atoms with Crippen LogP contribution in [-0.4, -0.2) is 9.97 Å². The summed E-state index contributed by atoms with van der Waals surface area (Å²) >= 11 is 0. The highest BCUT2D eigenvalue weighted by atomic mass is 14.7. The Balaban J connectivity index is 1.93. The number of benzene rings is 1. The maximum atomic E-state index is 8.75. The van der Waals surface area contributed by atoms with Gasteiger partial charge in [-0.25, -0.2) is 0 Å². The van der Waals surface area contributed by atoms with Gasteiger partial charge in [-0.2, -0.15) is 5.26 Å². The monoisotopic (exact) mass is 271 g/mol. The second-order valence-electron chi connectivity index (χ2n) is 4.83. The van der Waals surface area contributed by atoms with Gasteiger partial charge in [-0.3, -0.25) is 9.97 Å². The van der Waals surface area contributed by atoms with Gasteiger partial charge in [0.1, 0.15) is 6.07 Å². The van der Waals surface area contributed by atoms with Crippen molar-refractivity contribution in [3.8, 4) is 6.07 Å². The van der Waals surface area contributed by atoms with Crippen molar-refractivity contribution in [3.05, 3.63) is 71.2 Å². The molecule has 0 radical (unpaired) electrons. The van der Waals surface area contributed by atoms with Gasteiger partial charge >= 0.3 is 0 Å². The van der Waals surface area contributed by atoms with Gasteiger partial charge in [0.05, 0.1) is 16.8 Å². The molecule has 0 atom stereocenters. The zero-order valence-electron chi connectivity index (χ0n) is 11.6. The van der Waals surface area contributed by atoms with Crippen LogP contribution < -0.4 is 0 Å². The molecule has 0 aliphatic heterocycles. The standard InChI is InChI=1S/C18H13N3/c1-13-9-14(10-16-3-2-8-20-18(13)16)4-6-17-7-5-15(11-19)12-21-17/h2-10,12H,1H3/b6-4+. The molecule has 3 heteroatoms. The number of nitriles is 1. The van der Waals surface area contributed by atoms with Crippen LogP contribution in [0.1, 0.15) is 22.4 Å². The Hall–Kier alpha value is -2.99. The summed E-state index contributed by atoms with van der Waals surface area (Å²) in [6.07, 6.45) is 7.35. The highest BCUT2D eigenvalue weighted by Gasteiger charge is 1.99. The fourth-order valence-corrected chi connectivity index (χ4v) is 2.25. The first-order chi connectivity index (χ1) is 10.3. The van der Waals surface area contributed by atoms with Crippen LogP contribution in [0.5, 0.6) is 0 Å². The molecule has 0 fully saturated rings. The quantitative estimate of drug-likeness (QED) is 0.708. The lowest BCUT2D eigenvalue weighted by atomic mass is 10.1. The molecule has 1 aromatic carbocycles. The van der Waals surface area contributed by atoms with Gasteiger partial charge in [0.15, 0.2) is 0 Å². The van der Waals surface area contributed by atoms with Crippen molar-refractivity contribution >= 4 is 23.1 Å². The summed E-state index contributed by atoms with van der Waals surface area (Å²) in [4.78, 5) is 8.62. The van der Waals surface area contributed by atoms with E-state index in [1.54, 1.807) is 12.3 Å². The van der Waals surface area contributed by atoms with Crippen LogP contribution in [0.2, 0.25) is 0 Å². The number of hydrogen-bond donors (Lipinski definition) is 0. The van der Waals surface area contributed by atoms with E-state index in [2.05, 4.69) is 41.2 Å². The number of aromatic nitrogens is 2. The molecule has 3 nitrogen and oxygen atoms in total. The molecule has 2 aromatic heterocycles. The minimum atomic E-state index is 0.569. The molecule has 2 heterocycles. The van der Waals surface area contributed by atoms with E-state index >= 15 is 0 Å². The Bertz CT molecular complexity index is 856. The van der Waals surface area contributed by atoms with E-state index in [4.69, 9.17) is 5.26 Å². The molecule has 0 N–H and O–H groups in total. The van der Waals surface area contributed by atoms with E-state index in [9.17, 15) is 0 Å². The Morgan fingerprint density at radius 2 is 2.00 bits per heavy atom. The summed E-state index contributed by atoms with van der Waals surface area (Å²) in [7, 11) is 0. The minimum Gasteiger partial charge on any atom is -0.256 e. The van der Waals surface area contributed by atoms with Gasteiger partial charge in [-0.15, -0.1) is 0 Å². The fourth-order valence-electron chi connectivity index (χ4n) is 2.25. The van der Waals surface area contributed by atoms with Crippen LogP contribution in [0.15, 0.2) is 48.8 Å². The average Bonchev–Trinajstić information content (AvgIpc) is 2.53. The average molecular weight is 271 g/mol. The summed E-state index contributed by atoms with van der Waals surface area (Å²) in [5, 5.41) is 9.88. The third-order valence-electron chi connectivity index (χ3n) is 3.28. The van der Waals surface area contributed by atoms with Crippen LogP contribution in [0.25, 0.3) is 23.1 Å². The lowest BCUT2D eigenvalue weighted by Gasteiger charge is -2.03. The summed E-state index contributed by atoms with van der Waals surface area (Å²) in [6, 6.07) is 13.9. The molecule has 3 aromatic rings. The third kappa shape index (κ3) is 2.80. The van der Waals surface area contributed by atoms with E-state index in [0.29, 0.717) is 5.56 Å². The molecular formula is C18H13N3. The number of aryl methyl sites for hydroxylation is 1. The normalized spacial score (nSPS) is 10.9. The van der Waals surface area contributed by atoms with E-state index in [1.165, 1.54) is 0 Å². The van der Waals surface area contributed by atoms with Crippen molar-refractivity contribution in [1.29, 1.82) is 5.26 Å². The van der Waals surface area contributed by atoms with E-state index < -0.39 is 0 Å². The van der Waals surface area contributed by atoms with Gasteiger partial charge in [0.2, 0.25) is 0 Å². The van der Waals surface area contributed by atoms with Crippen molar-refractivity contribution < 1.29 is 0 Å². The predicted molar refractivity (Wildman–Crippen MR) is 84.4 cm³/mol. The lowest BCUT2D eigenvalue weighted by molar-refractivity contribution is 1.27. The zero-order valence-corrected chi connectivity index (χ0v) is 11.6.